The van der Waals surface area contributed by atoms with Gasteiger partial charge in [-0.05, 0) is 36.2 Å². The fourth-order valence-corrected chi connectivity index (χ4v) is 2.38. The maximum absolute atomic E-state index is 5.15. The molecule has 0 aliphatic carbocycles. The summed E-state index contributed by atoms with van der Waals surface area (Å²) in [6, 6.07) is 2.07. The van der Waals surface area contributed by atoms with Gasteiger partial charge in [0.1, 0.15) is 0 Å². The van der Waals surface area contributed by atoms with Crippen molar-refractivity contribution in [3.63, 3.8) is 0 Å². The van der Waals surface area contributed by atoms with Gasteiger partial charge in [0, 0.05) is 5.92 Å². The molecule has 0 amide bonds. The monoisotopic (exact) mass is 266 g/mol. The highest BCUT2D eigenvalue weighted by Gasteiger charge is 2.08. The average Bonchev–Trinajstić information content (AvgIpc) is 2.82. The number of thiophene rings is 1. The Morgan fingerprint density at radius 1 is 1.59 bits per heavy atom. The van der Waals surface area contributed by atoms with Crippen molar-refractivity contribution in [2.45, 2.75) is 26.7 Å². The van der Waals surface area contributed by atoms with Crippen LogP contribution in [0.2, 0.25) is 0 Å². The quantitative estimate of drug-likeness (QED) is 0.684. The van der Waals surface area contributed by atoms with Crippen LogP contribution < -0.4 is 0 Å². The molecule has 0 saturated heterocycles. The lowest BCUT2D eigenvalue weighted by Crippen LogP contribution is -2.00. The molecule has 0 radical (unpaired) electrons. The zero-order chi connectivity index (χ0) is 12.4. The van der Waals surface area contributed by atoms with Crippen molar-refractivity contribution in [3.8, 4) is 0 Å². The van der Waals surface area contributed by atoms with Crippen molar-refractivity contribution < 1.29 is 0 Å². The number of nitrogens with one attached hydrogen (secondary N) is 1. The molecule has 90 valence electrons. The topological polar surface area (TPSA) is 46.0 Å². The standard InChI is InChI=1S/C11H14N4S2/c1-7(2)10-13-14-11(16)15(10)12-6-9-8(3)4-5-17-9/h4-7H,1-3H3,(H,14,16)/b12-6-. The average molecular weight is 266 g/mol. The molecule has 1 N–H and O–H groups in total. The maximum atomic E-state index is 5.15. The summed E-state index contributed by atoms with van der Waals surface area (Å²) in [6.07, 6.45) is 1.83. The molecule has 2 rings (SSSR count). The van der Waals surface area contributed by atoms with Gasteiger partial charge in [0.15, 0.2) is 5.82 Å². The molecule has 0 fully saturated rings. The minimum atomic E-state index is 0.282. The van der Waals surface area contributed by atoms with Crippen LogP contribution in [0, 0.1) is 11.7 Å². The summed E-state index contributed by atoms with van der Waals surface area (Å²) in [4.78, 5) is 1.14. The molecule has 0 spiro atoms. The Balaban J connectivity index is 2.36. The van der Waals surface area contributed by atoms with Crippen LogP contribution in [0.1, 0.15) is 36.0 Å². The zero-order valence-electron chi connectivity index (χ0n) is 9.97. The molecule has 2 aromatic rings. The Morgan fingerprint density at radius 3 is 2.94 bits per heavy atom. The molecule has 17 heavy (non-hydrogen) atoms. The molecule has 0 aromatic carbocycles. The predicted molar refractivity (Wildman–Crippen MR) is 73.5 cm³/mol. The highest BCUT2D eigenvalue weighted by molar-refractivity contribution is 7.71. The highest BCUT2D eigenvalue weighted by Crippen LogP contribution is 2.14. The minimum Gasteiger partial charge on any atom is -0.250 e. The van der Waals surface area contributed by atoms with Gasteiger partial charge in [0.25, 0.3) is 0 Å². The van der Waals surface area contributed by atoms with Crippen LogP contribution in [-0.4, -0.2) is 21.1 Å². The number of nitrogens with zero attached hydrogens (tertiary/aromatic N) is 3. The molecular weight excluding hydrogens is 252 g/mol. The normalized spacial score (nSPS) is 11.8. The van der Waals surface area contributed by atoms with Crippen molar-refractivity contribution in [1.29, 1.82) is 0 Å². The molecule has 0 saturated carbocycles. The summed E-state index contributed by atoms with van der Waals surface area (Å²) in [7, 11) is 0. The van der Waals surface area contributed by atoms with E-state index in [0.29, 0.717) is 4.77 Å². The van der Waals surface area contributed by atoms with Crippen LogP contribution in [0.3, 0.4) is 0 Å². The van der Waals surface area contributed by atoms with E-state index in [1.54, 1.807) is 16.0 Å². The van der Waals surface area contributed by atoms with Crippen LogP contribution in [-0.2, 0) is 0 Å². The lowest BCUT2D eigenvalue weighted by atomic mass is 10.2. The number of hydrogen-bond acceptors (Lipinski definition) is 4. The Kier molecular flexibility index (Phi) is 3.54. The lowest BCUT2D eigenvalue weighted by Gasteiger charge is -2.02. The van der Waals surface area contributed by atoms with Crippen molar-refractivity contribution in [2.75, 3.05) is 0 Å². The smallest absolute Gasteiger partial charge is 0.216 e. The third-order valence-corrected chi connectivity index (χ3v) is 3.60. The van der Waals surface area contributed by atoms with E-state index in [0.717, 1.165) is 10.7 Å². The van der Waals surface area contributed by atoms with E-state index >= 15 is 0 Å². The number of aromatic nitrogens is 3. The molecule has 0 aliphatic heterocycles. The molecule has 4 nitrogen and oxygen atoms in total. The van der Waals surface area contributed by atoms with Gasteiger partial charge in [-0.1, -0.05) is 13.8 Å². The minimum absolute atomic E-state index is 0.282. The van der Waals surface area contributed by atoms with Crippen LogP contribution in [0.15, 0.2) is 16.5 Å². The zero-order valence-corrected chi connectivity index (χ0v) is 11.6. The van der Waals surface area contributed by atoms with E-state index in [4.69, 9.17) is 12.2 Å². The van der Waals surface area contributed by atoms with Gasteiger partial charge in [-0.25, -0.2) is 0 Å². The van der Waals surface area contributed by atoms with Gasteiger partial charge in [-0.3, -0.25) is 5.10 Å². The van der Waals surface area contributed by atoms with Crippen LogP contribution >= 0.6 is 23.6 Å². The lowest BCUT2D eigenvalue weighted by molar-refractivity contribution is 0.695. The summed E-state index contributed by atoms with van der Waals surface area (Å²) in [5.74, 6) is 1.13. The number of hydrogen-bond donors (Lipinski definition) is 1. The Bertz CT molecular complexity index is 589. The van der Waals surface area contributed by atoms with E-state index in [2.05, 4.69) is 47.5 Å². The second-order valence-electron chi connectivity index (χ2n) is 4.07. The Morgan fingerprint density at radius 2 is 2.35 bits per heavy atom. The van der Waals surface area contributed by atoms with Gasteiger partial charge in [0.05, 0.1) is 11.1 Å². The molecule has 0 atom stereocenters. The second kappa shape index (κ2) is 4.93. The van der Waals surface area contributed by atoms with E-state index < -0.39 is 0 Å². The molecule has 2 heterocycles. The third-order valence-electron chi connectivity index (χ3n) is 2.38. The van der Waals surface area contributed by atoms with Gasteiger partial charge in [-0.15, -0.1) is 11.3 Å². The first kappa shape index (κ1) is 12.2. The van der Waals surface area contributed by atoms with Gasteiger partial charge < -0.3 is 0 Å². The van der Waals surface area contributed by atoms with Crippen LogP contribution in [0.25, 0.3) is 0 Å². The van der Waals surface area contributed by atoms with Gasteiger partial charge >= 0.3 is 0 Å². The van der Waals surface area contributed by atoms with Crippen molar-refractivity contribution in [2.24, 2.45) is 5.10 Å². The highest BCUT2D eigenvalue weighted by atomic mass is 32.1. The first-order valence-electron chi connectivity index (χ1n) is 5.35. The SMILES string of the molecule is Cc1ccsc1/C=N\n1c(C(C)C)n[nH]c1=S. The van der Waals surface area contributed by atoms with E-state index in [9.17, 15) is 0 Å². The first-order valence-corrected chi connectivity index (χ1v) is 6.64. The summed E-state index contributed by atoms with van der Waals surface area (Å²) >= 11 is 6.82. The molecule has 0 bridgehead atoms. The first-order chi connectivity index (χ1) is 8.09. The Hall–Kier alpha value is -1.27. The number of aromatic amines is 1. The van der Waals surface area contributed by atoms with Gasteiger partial charge in [-0.2, -0.15) is 14.9 Å². The summed E-state index contributed by atoms with van der Waals surface area (Å²) < 4.78 is 2.21. The van der Waals surface area contributed by atoms with Crippen LogP contribution in [0.4, 0.5) is 0 Å². The van der Waals surface area contributed by atoms with E-state index in [1.807, 2.05) is 6.21 Å². The maximum Gasteiger partial charge on any atom is 0.216 e. The van der Waals surface area contributed by atoms with Gasteiger partial charge in [0.2, 0.25) is 4.77 Å². The predicted octanol–water partition coefficient (Wildman–Crippen LogP) is 3.32. The van der Waals surface area contributed by atoms with Crippen molar-refractivity contribution >= 4 is 29.8 Å². The van der Waals surface area contributed by atoms with Crippen molar-refractivity contribution in [1.82, 2.24) is 14.9 Å². The summed E-state index contributed by atoms with van der Waals surface area (Å²) in [5.41, 5.74) is 1.22. The molecular formula is C11H14N4S2. The summed E-state index contributed by atoms with van der Waals surface area (Å²) in [5, 5.41) is 13.4. The molecule has 0 aliphatic rings. The van der Waals surface area contributed by atoms with E-state index in [1.165, 1.54) is 5.56 Å². The molecule has 0 unspecified atom stereocenters. The second-order valence-corrected chi connectivity index (χ2v) is 5.40. The Labute approximate surface area is 109 Å². The number of aryl methyl sites for hydroxylation is 1. The number of rotatable bonds is 3. The van der Waals surface area contributed by atoms with Crippen LogP contribution in [0.5, 0.6) is 0 Å². The summed E-state index contributed by atoms with van der Waals surface area (Å²) in [6.45, 7) is 6.19. The largest absolute Gasteiger partial charge is 0.250 e. The van der Waals surface area contributed by atoms with Crippen molar-refractivity contribution in [3.05, 3.63) is 32.5 Å². The molecule has 2 aromatic heterocycles. The number of H-pyrrole nitrogens is 1. The fourth-order valence-electron chi connectivity index (χ4n) is 1.42. The van der Waals surface area contributed by atoms with E-state index in [-0.39, 0.29) is 5.92 Å². The fraction of sp³-hybridized carbons (Fsp3) is 0.364. The molecule has 6 heteroatoms. The third kappa shape index (κ3) is 2.53.